The van der Waals surface area contributed by atoms with Crippen LogP contribution >= 0.6 is 0 Å². The lowest BCUT2D eigenvalue weighted by atomic mass is 10.2. The van der Waals surface area contributed by atoms with Crippen molar-refractivity contribution in [2.24, 2.45) is 0 Å². The first-order valence-electron chi connectivity index (χ1n) is 8.05. The van der Waals surface area contributed by atoms with Crippen LogP contribution in [0.4, 0.5) is 18.9 Å². The molecule has 0 saturated carbocycles. The number of nitrogens with one attached hydrogen (secondary N) is 1. The molecule has 0 radical (unpaired) electrons. The highest BCUT2D eigenvalue weighted by Gasteiger charge is 2.16. The van der Waals surface area contributed by atoms with E-state index in [1.54, 1.807) is 16.7 Å². The Balaban J connectivity index is 1.79. The molecule has 26 heavy (non-hydrogen) atoms. The van der Waals surface area contributed by atoms with Gasteiger partial charge in [0.15, 0.2) is 17.5 Å². The number of carbonyl (C=O) groups excluding carboxylic acids is 1. The summed E-state index contributed by atoms with van der Waals surface area (Å²) in [6, 6.07) is 8.86. The van der Waals surface area contributed by atoms with Gasteiger partial charge in [-0.15, -0.1) is 0 Å². The molecule has 0 saturated heterocycles. The van der Waals surface area contributed by atoms with E-state index in [4.69, 9.17) is 0 Å². The molecule has 1 amide bonds. The third-order valence-corrected chi connectivity index (χ3v) is 4.11. The summed E-state index contributed by atoms with van der Waals surface area (Å²) in [4.78, 5) is 24.5. The molecule has 5 nitrogen and oxygen atoms in total. The summed E-state index contributed by atoms with van der Waals surface area (Å²) in [6.45, 7) is 2.40. The van der Waals surface area contributed by atoms with Crippen molar-refractivity contribution in [2.45, 2.75) is 26.4 Å². The van der Waals surface area contributed by atoms with Gasteiger partial charge in [0.1, 0.15) is 0 Å². The van der Waals surface area contributed by atoms with Gasteiger partial charge in [-0.3, -0.25) is 13.9 Å². The summed E-state index contributed by atoms with van der Waals surface area (Å²) in [6.07, 6.45) is -0.129. The normalized spacial score (nSPS) is 11.1. The number of imidazole rings is 1. The second-order valence-electron chi connectivity index (χ2n) is 5.69. The van der Waals surface area contributed by atoms with E-state index in [2.05, 4.69) is 5.32 Å². The zero-order valence-corrected chi connectivity index (χ0v) is 13.9. The summed E-state index contributed by atoms with van der Waals surface area (Å²) in [5.41, 5.74) is 0.746. The molecule has 0 aliphatic heterocycles. The van der Waals surface area contributed by atoms with Crippen molar-refractivity contribution in [3.8, 4) is 0 Å². The number of anilines is 1. The van der Waals surface area contributed by atoms with Crippen LogP contribution in [0.5, 0.6) is 0 Å². The van der Waals surface area contributed by atoms with Crippen LogP contribution in [0.1, 0.15) is 13.3 Å². The lowest BCUT2D eigenvalue weighted by Crippen LogP contribution is -2.26. The maximum atomic E-state index is 13.6. The molecule has 1 aromatic heterocycles. The van der Waals surface area contributed by atoms with E-state index < -0.39 is 29.0 Å². The highest BCUT2D eigenvalue weighted by atomic mass is 19.2. The number of para-hydroxylation sites is 2. The molecular weight excluding hydrogens is 347 g/mol. The molecule has 1 N–H and O–H groups in total. The van der Waals surface area contributed by atoms with Gasteiger partial charge >= 0.3 is 5.69 Å². The van der Waals surface area contributed by atoms with Gasteiger partial charge in [-0.2, -0.15) is 0 Å². The summed E-state index contributed by atoms with van der Waals surface area (Å²) < 4.78 is 42.8. The molecule has 0 fully saturated rings. The van der Waals surface area contributed by atoms with Gasteiger partial charge in [-0.25, -0.2) is 18.0 Å². The third kappa shape index (κ3) is 3.10. The number of carbonyl (C=O) groups is 1. The summed E-state index contributed by atoms with van der Waals surface area (Å²) in [5, 5.41) is 2.19. The van der Waals surface area contributed by atoms with Gasteiger partial charge in [-0.1, -0.05) is 12.1 Å². The van der Waals surface area contributed by atoms with E-state index in [0.717, 1.165) is 17.6 Å². The molecule has 8 heteroatoms. The molecule has 3 aromatic rings. The molecule has 0 atom stereocenters. The van der Waals surface area contributed by atoms with Crippen LogP contribution in [0.25, 0.3) is 11.0 Å². The predicted octanol–water partition coefficient (Wildman–Crippen LogP) is 3.27. The highest BCUT2D eigenvalue weighted by Crippen LogP contribution is 2.20. The van der Waals surface area contributed by atoms with Crippen LogP contribution in [0, 0.1) is 17.5 Å². The Hall–Kier alpha value is -3.03. The average Bonchev–Trinajstić information content (AvgIpc) is 2.91. The van der Waals surface area contributed by atoms with Crippen LogP contribution in [-0.4, -0.2) is 15.0 Å². The second-order valence-corrected chi connectivity index (χ2v) is 5.69. The zero-order valence-electron chi connectivity index (χ0n) is 13.9. The quantitative estimate of drug-likeness (QED) is 0.708. The van der Waals surface area contributed by atoms with Crippen molar-refractivity contribution in [1.82, 2.24) is 9.13 Å². The minimum atomic E-state index is -1.65. The Morgan fingerprint density at radius 3 is 2.31 bits per heavy atom. The predicted molar refractivity (Wildman–Crippen MR) is 91.4 cm³/mol. The molecule has 0 aliphatic rings. The van der Waals surface area contributed by atoms with Gasteiger partial charge < -0.3 is 5.32 Å². The number of hydrogen-bond acceptors (Lipinski definition) is 2. The minimum Gasteiger partial charge on any atom is -0.323 e. The van der Waals surface area contributed by atoms with Crippen LogP contribution in [0.3, 0.4) is 0 Å². The SMILES string of the molecule is CCn1c(=O)n(CCC(=O)Nc2ccc(F)c(F)c2F)c2ccccc21. The van der Waals surface area contributed by atoms with E-state index in [1.165, 1.54) is 4.57 Å². The van der Waals surface area contributed by atoms with Crippen LogP contribution < -0.4 is 11.0 Å². The Morgan fingerprint density at radius 1 is 1.00 bits per heavy atom. The minimum absolute atomic E-state index is 0.0729. The summed E-state index contributed by atoms with van der Waals surface area (Å²) >= 11 is 0. The average molecular weight is 363 g/mol. The van der Waals surface area contributed by atoms with Gasteiger partial charge in [0, 0.05) is 19.5 Å². The van der Waals surface area contributed by atoms with Gasteiger partial charge in [0.2, 0.25) is 5.91 Å². The number of aryl methyl sites for hydroxylation is 2. The molecule has 0 spiro atoms. The Kier molecular flexibility index (Phi) is 4.83. The van der Waals surface area contributed by atoms with Crippen molar-refractivity contribution in [3.05, 3.63) is 64.3 Å². The maximum absolute atomic E-state index is 13.6. The lowest BCUT2D eigenvalue weighted by molar-refractivity contribution is -0.116. The van der Waals surface area contributed by atoms with E-state index in [0.29, 0.717) is 12.1 Å². The summed E-state index contributed by atoms with van der Waals surface area (Å²) in [5.74, 6) is -5.06. The second kappa shape index (κ2) is 7.07. The fraction of sp³-hybridized carbons (Fsp3) is 0.222. The van der Waals surface area contributed by atoms with Crippen molar-refractivity contribution >= 4 is 22.6 Å². The Labute approximate surface area is 146 Å². The highest BCUT2D eigenvalue weighted by molar-refractivity contribution is 5.90. The van der Waals surface area contributed by atoms with Crippen molar-refractivity contribution < 1.29 is 18.0 Å². The number of halogens is 3. The number of benzene rings is 2. The van der Waals surface area contributed by atoms with Crippen LogP contribution in [0.15, 0.2) is 41.2 Å². The van der Waals surface area contributed by atoms with E-state index >= 15 is 0 Å². The first kappa shape index (κ1) is 17.8. The molecule has 1 heterocycles. The molecular formula is C18H16F3N3O2. The number of fused-ring (bicyclic) bond motifs is 1. The summed E-state index contributed by atoms with van der Waals surface area (Å²) in [7, 11) is 0. The van der Waals surface area contributed by atoms with Gasteiger partial charge in [-0.05, 0) is 31.2 Å². The maximum Gasteiger partial charge on any atom is 0.329 e. The fourth-order valence-corrected chi connectivity index (χ4v) is 2.84. The fourth-order valence-electron chi connectivity index (χ4n) is 2.84. The van der Waals surface area contributed by atoms with Gasteiger partial charge in [0.05, 0.1) is 16.7 Å². The van der Waals surface area contributed by atoms with Crippen LogP contribution in [-0.2, 0) is 17.9 Å². The molecule has 0 unspecified atom stereocenters. The number of amides is 1. The van der Waals surface area contributed by atoms with E-state index in [9.17, 15) is 22.8 Å². The number of aromatic nitrogens is 2. The Morgan fingerprint density at radius 2 is 1.65 bits per heavy atom. The van der Waals surface area contributed by atoms with Crippen molar-refractivity contribution in [2.75, 3.05) is 5.32 Å². The van der Waals surface area contributed by atoms with Crippen molar-refractivity contribution in [3.63, 3.8) is 0 Å². The first-order valence-corrected chi connectivity index (χ1v) is 8.05. The standard InChI is InChI=1S/C18H16F3N3O2/c1-2-23-13-5-3-4-6-14(13)24(18(23)26)10-9-15(25)22-12-8-7-11(19)16(20)17(12)21/h3-8H,2,9-10H2,1H3,(H,22,25). The number of rotatable bonds is 5. The van der Waals surface area contributed by atoms with Gasteiger partial charge in [0.25, 0.3) is 0 Å². The number of hydrogen-bond donors (Lipinski definition) is 1. The largest absolute Gasteiger partial charge is 0.329 e. The zero-order chi connectivity index (χ0) is 18.8. The first-order chi connectivity index (χ1) is 12.4. The smallest absolute Gasteiger partial charge is 0.323 e. The molecule has 2 aromatic carbocycles. The third-order valence-electron chi connectivity index (χ3n) is 4.11. The van der Waals surface area contributed by atoms with E-state index in [1.807, 2.05) is 19.1 Å². The molecule has 0 bridgehead atoms. The van der Waals surface area contributed by atoms with Crippen LogP contribution in [0.2, 0.25) is 0 Å². The van der Waals surface area contributed by atoms with E-state index in [-0.39, 0.29) is 18.7 Å². The molecule has 136 valence electrons. The molecule has 0 aliphatic carbocycles. The monoisotopic (exact) mass is 363 g/mol. The lowest BCUT2D eigenvalue weighted by Gasteiger charge is -2.08. The van der Waals surface area contributed by atoms with Crippen molar-refractivity contribution in [1.29, 1.82) is 0 Å². The molecule has 3 rings (SSSR count). The number of nitrogens with zero attached hydrogens (tertiary/aromatic N) is 2. The Bertz CT molecular complexity index is 1040. The topological polar surface area (TPSA) is 56.0 Å².